The highest BCUT2D eigenvalue weighted by molar-refractivity contribution is 7.16. The predicted molar refractivity (Wildman–Crippen MR) is 85.1 cm³/mol. The molecule has 1 unspecified atom stereocenters. The summed E-state index contributed by atoms with van der Waals surface area (Å²) in [4.78, 5) is 4.03. The molecule has 0 aromatic carbocycles. The van der Waals surface area contributed by atoms with Gasteiger partial charge in [-0.15, -0.1) is 11.3 Å². The minimum Gasteiger partial charge on any atom is -0.308 e. The molecule has 2 nitrogen and oxygen atoms in total. The van der Waals surface area contributed by atoms with Crippen molar-refractivity contribution >= 4 is 22.9 Å². The number of nitrogens with one attached hydrogen (secondary N) is 1. The molecule has 19 heavy (non-hydrogen) atoms. The predicted octanol–water partition coefficient (Wildman–Crippen LogP) is 4.14. The number of hydrogen-bond acceptors (Lipinski definition) is 3. The molecule has 0 radical (unpaired) electrons. The van der Waals surface area contributed by atoms with Crippen LogP contribution in [0.5, 0.6) is 0 Å². The highest BCUT2D eigenvalue weighted by Gasteiger charge is 2.35. The third kappa shape index (κ3) is 3.52. The van der Waals surface area contributed by atoms with Gasteiger partial charge in [0.2, 0.25) is 0 Å². The van der Waals surface area contributed by atoms with E-state index in [9.17, 15) is 0 Å². The first kappa shape index (κ1) is 15.3. The van der Waals surface area contributed by atoms with Gasteiger partial charge in [-0.05, 0) is 31.4 Å². The molecule has 0 amide bonds. The van der Waals surface area contributed by atoms with Crippen LogP contribution in [0.1, 0.15) is 44.9 Å². The van der Waals surface area contributed by atoms with Gasteiger partial charge in [0.25, 0.3) is 0 Å². The Hall–Kier alpha value is -0.0900. The Kier molecular flexibility index (Phi) is 5.29. The summed E-state index contributed by atoms with van der Waals surface area (Å²) in [5.74, 6) is 0. The zero-order chi connectivity index (χ0) is 13.9. The van der Waals surface area contributed by atoms with E-state index in [1.54, 1.807) is 11.3 Å². The molecule has 1 N–H and O–H groups in total. The monoisotopic (exact) mass is 300 g/mol. The van der Waals surface area contributed by atoms with Crippen LogP contribution < -0.4 is 5.32 Å². The Labute approximate surface area is 126 Å². The van der Waals surface area contributed by atoms with E-state index < -0.39 is 0 Å². The highest BCUT2D eigenvalue weighted by atomic mass is 35.5. The molecule has 1 aliphatic rings. The van der Waals surface area contributed by atoms with Gasteiger partial charge < -0.3 is 5.32 Å². The van der Waals surface area contributed by atoms with Crippen LogP contribution in [0.15, 0.2) is 12.1 Å². The van der Waals surface area contributed by atoms with Gasteiger partial charge in [-0.25, -0.2) is 0 Å². The quantitative estimate of drug-likeness (QED) is 0.879. The van der Waals surface area contributed by atoms with Crippen LogP contribution in [0.25, 0.3) is 0 Å². The summed E-state index contributed by atoms with van der Waals surface area (Å²) in [6, 6.07) is 4.82. The first-order chi connectivity index (χ1) is 9.12. The number of thiophene rings is 1. The van der Waals surface area contributed by atoms with Crippen molar-refractivity contribution in [2.45, 2.75) is 58.2 Å². The second kappa shape index (κ2) is 6.57. The molecule has 2 heterocycles. The van der Waals surface area contributed by atoms with E-state index in [-0.39, 0.29) is 0 Å². The van der Waals surface area contributed by atoms with Crippen molar-refractivity contribution in [3.05, 3.63) is 21.3 Å². The zero-order valence-electron chi connectivity index (χ0n) is 12.2. The maximum absolute atomic E-state index is 6.05. The fraction of sp³-hybridized carbons (Fsp3) is 0.733. The number of piperazine rings is 1. The summed E-state index contributed by atoms with van der Waals surface area (Å²) >= 11 is 7.76. The molecule has 108 valence electrons. The second-order valence-corrected chi connectivity index (χ2v) is 7.34. The molecule has 2 rings (SSSR count). The lowest BCUT2D eigenvalue weighted by molar-refractivity contribution is 0.0651. The molecule has 1 aliphatic heterocycles. The maximum Gasteiger partial charge on any atom is 0.0931 e. The van der Waals surface area contributed by atoms with E-state index in [4.69, 9.17) is 11.6 Å². The summed E-state index contributed by atoms with van der Waals surface area (Å²) in [5.41, 5.74) is 0.298. The van der Waals surface area contributed by atoms with Gasteiger partial charge >= 0.3 is 0 Å². The van der Waals surface area contributed by atoms with Gasteiger partial charge in [0.1, 0.15) is 0 Å². The van der Waals surface area contributed by atoms with E-state index in [0.29, 0.717) is 11.6 Å². The van der Waals surface area contributed by atoms with Crippen molar-refractivity contribution in [3.63, 3.8) is 0 Å². The third-order valence-corrected chi connectivity index (χ3v) is 5.76. The Morgan fingerprint density at radius 3 is 2.63 bits per heavy atom. The van der Waals surface area contributed by atoms with Crippen LogP contribution in [-0.4, -0.2) is 29.6 Å². The van der Waals surface area contributed by atoms with Crippen LogP contribution in [0.2, 0.25) is 4.34 Å². The van der Waals surface area contributed by atoms with Crippen LogP contribution >= 0.6 is 22.9 Å². The lowest BCUT2D eigenvalue weighted by atomic mass is 9.88. The van der Waals surface area contributed by atoms with E-state index >= 15 is 0 Å². The first-order valence-corrected chi connectivity index (χ1v) is 8.55. The summed E-state index contributed by atoms with van der Waals surface area (Å²) in [5, 5.41) is 3.79. The van der Waals surface area contributed by atoms with Gasteiger partial charge in [-0.1, -0.05) is 32.4 Å². The van der Waals surface area contributed by atoms with E-state index in [1.807, 2.05) is 6.07 Å². The number of nitrogens with zero attached hydrogens (tertiary/aromatic N) is 1. The molecule has 1 fully saturated rings. The topological polar surface area (TPSA) is 15.3 Å². The Morgan fingerprint density at radius 1 is 1.37 bits per heavy atom. The van der Waals surface area contributed by atoms with Crippen LogP contribution in [0.4, 0.5) is 0 Å². The number of halogens is 1. The van der Waals surface area contributed by atoms with Gasteiger partial charge in [-0.2, -0.15) is 0 Å². The minimum absolute atomic E-state index is 0.298. The van der Waals surface area contributed by atoms with Gasteiger partial charge in [0.05, 0.1) is 4.34 Å². The largest absolute Gasteiger partial charge is 0.308 e. The summed E-state index contributed by atoms with van der Waals surface area (Å²) in [6.45, 7) is 10.2. The molecular formula is C15H25ClN2S. The lowest BCUT2D eigenvalue weighted by Gasteiger charge is -2.47. The van der Waals surface area contributed by atoms with Crippen molar-refractivity contribution in [3.8, 4) is 0 Å². The van der Waals surface area contributed by atoms with Crippen molar-refractivity contribution in [1.82, 2.24) is 10.2 Å². The van der Waals surface area contributed by atoms with Crippen molar-refractivity contribution in [2.24, 2.45) is 0 Å². The van der Waals surface area contributed by atoms with Gasteiger partial charge in [0, 0.05) is 36.1 Å². The molecule has 1 saturated heterocycles. The molecule has 0 bridgehead atoms. The second-order valence-electron chi connectivity index (χ2n) is 5.54. The van der Waals surface area contributed by atoms with Crippen LogP contribution in [0.3, 0.4) is 0 Å². The molecule has 1 aromatic heterocycles. The lowest BCUT2D eigenvalue weighted by Crippen LogP contribution is -2.63. The molecular weight excluding hydrogens is 276 g/mol. The van der Waals surface area contributed by atoms with Crippen LogP contribution in [0, 0.1) is 0 Å². The normalized spacial score (nSPS) is 23.7. The van der Waals surface area contributed by atoms with E-state index in [0.717, 1.165) is 24.0 Å². The Bertz CT molecular complexity index is 401. The molecule has 0 aliphatic carbocycles. The number of hydrogen-bond donors (Lipinski definition) is 1. The van der Waals surface area contributed by atoms with Crippen LogP contribution in [-0.2, 0) is 6.54 Å². The summed E-state index contributed by atoms with van der Waals surface area (Å²) < 4.78 is 0.899. The summed E-state index contributed by atoms with van der Waals surface area (Å²) in [6.07, 6.45) is 3.60. The maximum atomic E-state index is 6.05. The molecule has 0 saturated carbocycles. The highest BCUT2D eigenvalue weighted by Crippen LogP contribution is 2.28. The zero-order valence-corrected chi connectivity index (χ0v) is 13.8. The third-order valence-electron chi connectivity index (χ3n) is 4.55. The fourth-order valence-electron chi connectivity index (χ4n) is 2.99. The van der Waals surface area contributed by atoms with Gasteiger partial charge in [-0.3, -0.25) is 4.90 Å². The standard InChI is InChI=1S/C15H25ClN2S/c1-4-12-9-17-15(5-2,6-3)11-18(12)10-13-7-8-14(16)19-13/h7-8,12,17H,4-6,9-11H2,1-3H3. The van der Waals surface area contributed by atoms with Gasteiger partial charge in [0.15, 0.2) is 0 Å². The average Bonchev–Trinajstić information content (AvgIpc) is 2.84. The molecule has 0 spiro atoms. The van der Waals surface area contributed by atoms with Crippen molar-refractivity contribution in [1.29, 1.82) is 0 Å². The minimum atomic E-state index is 0.298. The van der Waals surface area contributed by atoms with Crippen molar-refractivity contribution in [2.75, 3.05) is 13.1 Å². The fourth-order valence-corrected chi connectivity index (χ4v) is 4.10. The van der Waals surface area contributed by atoms with E-state index in [2.05, 4.69) is 37.1 Å². The molecule has 1 aromatic rings. The average molecular weight is 301 g/mol. The smallest absolute Gasteiger partial charge is 0.0931 e. The summed E-state index contributed by atoms with van der Waals surface area (Å²) in [7, 11) is 0. The Balaban J connectivity index is 2.09. The SMILES string of the molecule is CCC1CNC(CC)(CC)CN1Cc1ccc(Cl)s1. The Morgan fingerprint density at radius 2 is 2.11 bits per heavy atom. The van der Waals surface area contributed by atoms with E-state index in [1.165, 1.54) is 24.1 Å². The molecule has 4 heteroatoms. The van der Waals surface area contributed by atoms with Crippen molar-refractivity contribution < 1.29 is 0 Å². The molecule has 1 atom stereocenters. The first-order valence-electron chi connectivity index (χ1n) is 7.35. The number of rotatable bonds is 5.